The summed E-state index contributed by atoms with van der Waals surface area (Å²) in [7, 11) is 0. The number of amides is 1. The summed E-state index contributed by atoms with van der Waals surface area (Å²) in [6.07, 6.45) is 1.39. The normalized spacial score (nSPS) is 17.1. The zero-order valence-corrected chi connectivity index (χ0v) is 14.0. The van der Waals surface area contributed by atoms with Crippen molar-refractivity contribution in [3.8, 4) is 0 Å². The molecular weight excluding hydrogens is 303 g/mol. The Kier molecular flexibility index (Phi) is 5.14. The highest BCUT2D eigenvalue weighted by Gasteiger charge is 2.23. The van der Waals surface area contributed by atoms with Crippen LogP contribution in [0.4, 0.5) is 10.1 Å². The molecule has 3 nitrogen and oxygen atoms in total. The average Bonchev–Trinajstić information content (AvgIpc) is 3.04. The molecule has 1 aliphatic rings. The van der Waals surface area contributed by atoms with Gasteiger partial charge in [-0.05, 0) is 54.7 Å². The first-order valence-electron chi connectivity index (χ1n) is 8.43. The minimum Gasteiger partial charge on any atom is -0.371 e. The van der Waals surface area contributed by atoms with Crippen LogP contribution in [-0.2, 0) is 11.2 Å². The predicted molar refractivity (Wildman–Crippen MR) is 94.6 cm³/mol. The maximum absolute atomic E-state index is 12.9. The van der Waals surface area contributed by atoms with Gasteiger partial charge in [-0.25, -0.2) is 4.39 Å². The van der Waals surface area contributed by atoms with E-state index >= 15 is 0 Å². The summed E-state index contributed by atoms with van der Waals surface area (Å²) in [4.78, 5) is 14.4. The van der Waals surface area contributed by atoms with Gasteiger partial charge in [0, 0.05) is 25.3 Å². The Labute approximate surface area is 142 Å². The molecule has 126 valence electrons. The molecule has 1 unspecified atom stereocenters. The van der Waals surface area contributed by atoms with Crippen molar-refractivity contribution in [1.29, 1.82) is 0 Å². The van der Waals surface area contributed by atoms with Gasteiger partial charge in [-0.2, -0.15) is 0 Å². The lowest BCUT2D eigenvalue weighted by molar-refractivity contribution is -0.120. The summed E-state index contributed by atoms with van der Waals surface area (Å²) in [5, 5.41) is 3.01. The zero-order valence-electron chi connectivity index (χ0n) is 14.0. The molecule has 4 heteroatoms. The topological polar surface area (TPSA) is 32.3 Å². The summed E-state index contributed by atoms with van der Waals surface area (Å²) in [6, 6.07) is 14.6. The molecule has 2 aromatic rings. The molecule has 1 N–H and O–H groups in total. The average molecular weight is 326 g/mol. The third-order valence-corrected chi connectivity index (χ3v) is 4.52. The van der Waals surface area contributed by atoms with E-state index in [4.69, 9.17) is 0 Å². The highest BCUT2D eigenvalue weighted by atomic mass is 19.1. The third kappa shape index (κ3) is 4.34. The molecule has 0 spiro atoms. The van der Waals surface area contributed by atoms with Crippen LogP contribution in [0.5, 0.6) is 0 Å². The van der Waals surface area contributed by atoms with Crippen LogP contribution in [0.3, 0.4) is 0 Å². The van der Waals surface area contributed by atoms with Gasteiger partial charge in [-0.3, -0.25) is 4.79 Å². The van der Waals surface area contributed by atoms with Gasteiger partial charge in [-0.15, -0.1) is 0 Å². The second-order valence-electron chi connectivity index (χ2n) is 6.55. The number of carbonyl (C=O) groups is 1. The lowest BCUT2D eigenvalue weighted by Crippen LogP contribution is -2.32. The number of aryl methyl sites for hydroxylation is 1. The van der Waals surface area contributed by atoms with Crippen molar-refractivity contribution in [2.45, 2.75) is 19.8 Å². The van der Waals surface area contributed by atoms with Crippen LogP contribution in [0.2, 0.25) is 0 Å². The molecule has 0 aliphatic carbocycles. The molecule has 2 aromatic carbocycles. The molecule has 0 radical (unpaired) electrons. The maximum Gasteiger partial charge on any atom is 0.224 e. The van der Waals surface area contributed by atoms with Gasteiger partial charge in [0.1, 0.15) is 5.82 Å². The highest BCUT2D eigenvalue weighted by Crippen LogP contribution is 2.24. The first-order valence-corrected chi connectivity index (χ1v) is 8.43. The van der Waals surface area contributed by atoms with Crippen LogP contribution >= 0.6 is 0 Å². The molecular formula is C20H23FN2O. The fourth-order valence-corrected chi connectivity index (χ4v) is 3.17. The maximum atomic E-state index is 12.9. The van der Waals surface area contributed by atoms with E-state index in [0.717, 1.165) is 25.1 Å². The zero-order chi connectivity index (χ0) is 16.9. The van der Waals surface area contributed by atoms with E-state index in [1.54, 1.807) is 12.1 Å². The second-order valence-corrected chi connectivity index (χ2v) is 6.55. The first-order chi connectivity index (χ1) is 11.6. The monoisotopic (exact) mass is 326 g/mol. The molecule has 1 heterocycles. The number of halogens is 1. The summed E-state index contributed by atoms with van der Waals surface area (Å²) in [5.41, 5.74) is 3.36. The minimum absolute atomic E-state index is 0.00406. The molecule has 0 saturated carbocycles. The van der Waals surface area contributed by atoms with Gasteiger partial charge in [0.05, 0.1) is 6.42 Å². The predicted octanol–water partition coefficient (Wildman–Crippen LogP) is 3.32. The van der Waals surface area contributed by atoms with Gasteiger partial charge in [-0.1, -0.05) is 24.3 Å². The summed E-state index contributed by atoms with van der Waals surface area (Å²) >= 11 is 0. The smallest absolute Gasteiger partial charge is 0.224 e. The SMILES string of the molecule is Cc1cccc(N2CCC(CNC(=O)Cc3ccc(F)cc3)C2)c1. The van der Waals surface area contributed by atoms with Crippen molar-refractivity contribution in [1.82, 2.24) is 5.32 Å². The number of rotatable bonds is 5. The van der Waals surface area contributed by atoms with Gasteiger partial charge in [0.25, 0.3) is 0 Å². The number of hydrogen-bond acceptors (Lipinski definition) is 2. The fraction of sp³-hybridized carbons (Fsp3) is 0.350. The number of nitrogens with one attached hydrogen (secondary N) is 1. The molecule has 1 fully saturated rings. The van der Waals surface area contributed by atoms with Crippen molar-refractivity contribution < 1.29 is 9.18 Å². The lowest BCUT2D eigenvalue weighted by Gasteiger charge is -2.19. The van der Waals surface area contributed by atoms with E-state index in [1.165, 1.54) is 23.4 Å². The second kappa shape index (κ2) is 7.47. The molecule has 0 aromatic heterocycles. The molecule has 3 rings (SSSR count). The van der Waals surface area contributed by atoms with Crippen LogP contribution in [-0.4, -0.2) is 25.5 Å². The Morgan fingerprint density at radius 1 is 1.25 bits per heavy atom. The Morgan fingerprint density at radius 2 is 2.04 bits per heavy atom. The van der Waals surface area contributed by atoms with Gasteiger partial charge in [0.2, 0.25) is 5.91 Å². The Morgan fingerprint density at radius 3 is 2.79 bits per heavy atom. The van der Waals surface area contributed by atoms with E-state index in [9.17, 15) is 9.18 Å². The van der Waals surface area contributed by atoms with Crippen LogP contribution in [0.25, 0.3) is 0 Å². The van der Waals surface area contributed by atoms with E-state index < -0.39 is 0 Å². The van der Waals surface area contributed by atoms with Crippen LogP contribution < -0.4 is 10.2 Å². The van der Waals surface area contributed by atoms with Gasteiger partial charge in [0.15, 0.2) is 0 Å². The van der Waals surface area contributed by atoms with Crippen molar-refractivity contribution in [3.63, 3.8) is 0 Å². The van der Waals surface area contributed by atoms with Crippen molar-refractivity contribution >= 4 is 11.6 Å². The summed E-state index contributed by atoms with van der Waals surface area (Å²) in [5.74, 6) is 0.194. The van der Waals surface area contributed by atoms with E-state index in [2.05, 4.69) is 41.4 Å². The van der Waals surface area contributed by atoms with Crippen LogP contribution in [0.15, 0.2) is 48.5 Å². The number of benzene rings is 2. The first kappa shape index (κ1) is 16.5. The third-order valence-electron chi connectivity index (χ3n) is 4.52. The lowest BCUT2D eigenvalue weighted by atomic mass is 10.1. The van der Waals surface area contributed by atoms with Crippen LogP contribution in [0.1, 0.15) is 17.5 Å². The Bertz CT molecular complexity index is 699. The van der Waals surface area contributed by atoms with Gasteiger partial charge < -0.3 is 10.2 Å². The van der Waals surface area contributed by atoms with E-state index in [1.807, 2.05) is 0 Å². The largest absolute Gasteiger partial charge is 0.371 e. The summed E-state index contributed by atoms with van der Waals surface area (Å²) < 4.78 is 12.9. The molecule has 0 bridgehead atoms. The van der Waals surface area contributed by atoms with E-state index in [0.29, 0.717) is 18.9 Å². The number of carbonyl (C=O) groups excluding carboxylic acids is 1. The number of anilines is 1. The quantitative estimate of drug-likeness (QED) is 0.914. The molecule has 24 heavy (non-hydrogen) atoms. The van der Waals surface area contributed by atoms with Crippen molar-refractivity contribution in [2.24, 2.45) is 5.92 Å². The molecule has 1 atom stereocenters. The highest BCUT2D eigenvalue weighted by molar-refractivity contribution is 5.78. The molecule has 1 aliphatic heterocycles. The Balaban J connectivity index is 1.45. The Hall–Kier alpha value is -2.36. The standard InChI is InChI=1S/C20H23FN2O/c1-15-3-2-4-19(11-15)23-10-9-17(14-23)13-22-20(24)12-16-5-7-18(21)8-6-16/h2-8,11,17H,9-10,12-14H2,1H3,(H,22,24). The van der Waals surface area contributed by atoms with Crippen molar-refractivity contribution in [2.75, 3.05) is 24.5 Å². The number of nitrogens with zero attached hydrogens (tertiary/aromatic N) is 1. The molecule has 1 amide bonds. The van der Waals surface area contributed by atoms with Gasteiger partial charge >= 0.3 is 0 Å². The fourth-order valence-electron chi connectivity index (χ4n) is 3.17. The summed E-state index contributed by atoms with van der Waals surface area (Å²) in [6.45, 7) is 4.80. The molecule has 1 saturated heterocycles. The number of hydrogen-bond donors (Lipinski definition) is 1. The van der Waals surface area contributed by atoms with E-state index in [-0.39, 0.29) is 11.7 Å². The van der Waals surface area contributed by atoms with Crippen molar-refractivity contribution in [3.05, 3.63) is 65.5 Å². The van der Waals surface area contributed by atoms with Crippen LogP contribution in [0, 0.1) is 18.7 Å². The minimum atomic E-state index is -0.277.